The van der Waals surface area contributed by atoms with E-state index in [1.54, 1.807) is 0 Å². The minimum absolute atomic E-state index is 0.667. The van der Waals surface area contributed by atoms with E-state index in [0.29, 0.717) is 6.04 Å². The average molecular weight is 269 g/mol. The van der Waals surface area contributed by atoms with Crippen molar-refractivity contribution in [1.82, 2.24) is 4.98 Å². The smallest absolute Gasteiger partial charge is 0.136 e. The average Bonchev–Trinajstić information content (AvgIpc) is 3.32. The van der Waals surface area contributed by atoms with Gasteiger partial charge in [0.15, 0.2) is 0 Å². The maximum Gasteiger partial charge on any atom is 0.136 e. The molecule has 1 aromatic carbocycles. The molecule has 0 radical (unpaired) electrons. The van der Waals surface area contributed by atoms with Crippen LogP contribution in [0.5, 0.6) is 0 Å². The first kappa shape index (κ1) is 12.0. The van der Waals surface area contributed by atoms with E-state index in [4.69, 9.17) is 4.74 Å². The molecule has 4 nitrogen and oxygen atoms in total. The van der Waals surface area contributed by atoms with Gasteiger partial charge in [0.2, 0.25) is 0 Å². The molecule has 0 bridgehead atoms. The zero-order valence-corrected chi connectivity index (χ0v) is 11.5. The van der Waals surface area contributed by atoms with Crippen LogP contribution in [0.1, 0.15) is 12.8 Å². The number of morpholine rings is 1. The second-order valence-electron chi connectivity index (χ2n) is 5.55. The van der Waals surface area contributed by atoms with Crippen molar-refractivity contribution in [3.05, 3.63) is 30.5 Å². The molecule has 1 aliphatic carbocycles. The van der Waals surface area contributed by atoms with Crippen molar-refractivity contribution in [2.45, 2.75) is 18.9 Å². The van der Waals surface area contributed by atoms with Crippen LogP contribution in [0, 0.1) is 0 Å². The lowest BCUT2D eigenvalue weighted by Crippen LogP contribution is -2.36. The monoisotopic (exact) mass is 269 g/mol. The van der Waals surface area contributed by atoms with E-state index in [1.807, 2.05) is 6.20 Å². The minimum Gasteiger partial charge on any atom is -0.382 e. The molecule has 104 valence electrons. The number of ether oxygens (including phenoxy) is 1. The van der Waals surface area contributed by atoms with Crippen LogP contribution in [0.25, 0.3) is 10.8 Å². The van der Waals surface area contributed by atoms with Crippen molar-refractivity contribution in [1.29, 1.82) is 0 Å². The number of hydrogen-bond acceptors (Lipinski definition) is 4. The Hall–Kier alpha value is -1.81. The van der Waals surface area contributed by atoms with Crippen molar-refractivity contribution in [3.63, 3.8) is 0 Å². The Balaban J connectivity index is 1.76. The molecule has 1 saturated carbocycles. The first-order valence-corrected chi connectivity index (χ1v) is 7.39. The molecular formula is C16H19N3O. The van der Waals surface area contributed by atoms with Crippen LogP contribution < -0.4 is 10.2 Å². The molecule has 2 fully saturated rings. The van der Waals surface area contributed by atoms with Gasteiger partial charge in [0.1, 0.15) is 5.82 Å². The van der Waals surface area contributed by atoms with Crippen molar-refractivity contribution in [2.75, 3.05) is 36.5 Å². The Morgan fingerprint density at radius 1 is 1.10 bits per heavy atom. The summed E-state index contributed by atoms with van der Waals surface area (Å²) >= 11 is 0. The first-order chi connectivity index (χ1) is 9.92. The quantitative estimate of drug-likeness (QED) is 0.929. The zero-order valence-electron chi connectivity index (χ0n) is 11.5. The van der Waals surface area contributed by atoms with Gasteiger partial charge in [-0.2, -0.15) is 0 Å². The summed E-state index contributed by atoms with van der Waals surface area (Å²) in [6, 6.07) is 9.25. The van der Waals surface area contributed by atoms with Gasteiger partial charge in [-0.25, -0.2) is 4.98 Å². The minimum atomic E-state index is 0.667. The molecule has 2 heterocycles. The third-order valence-electron chi connectivity index (χ3n) is 4.03. The van der Waals surface area contributed by atoms with Crippen LogP contribution in [-0.2, 0) is 4.74 Å². The number of pyridine rings is 1. The largest absolute Gasteiger partial charge is 0.382 e. The van der Waals surface area contributed by atoms with Crippen LogP contribution in [0.15, 0.2) is 30.5 Å². The molecule has 0 unspecified atom stereocenters. The second kappa shape index (κ2) is 4.94. The number of aromatic nitrogens is 1. The Morgan fingerprint density at radius 2 is 1.95 bits per heavy atom. The summed E-state index contributed by atoms with van der Waals surface area (Å²) in [6.07, 6.45) is 4.50. The summed E-state index contributed by atoms with van der Waals surface area (Å²) in [4.78, 5) is 6.94. The van der Waals surface area contributed by atoms with Crippen LogP contribution in [-0.4, -0.2) is 37.3 Å². The molecule has 1 N–H and O–H groups in total. The topological polar surface area (TPSA) is 37.4 Å². The molecule has 1 aliphatic heterocycles. The van der Waals surface area contributed by atoms with E-state index in [2.05, 4.69) is 39.5 Å². The predicted octanol–water partition coefficient (Wildman–Crippen LogP) is 2.65. The molecule has 2 aliphatic rings. The van der Waals surface area contributed by atoms with Crippen molar-refractivity contribution >= 4 is 22.3 Å². The molecule has 1 aromatic heterocycles. The van der Waals surface area contributed by atoms with Gasteiger partial charge in [0.05, 0.1) is 13.2 Å². The summed E-state index contributed by atoms with van der Waals surface area (Å²) in [5.74, 6) is 1.09. The molecule has 4 rings (SSSR count). The number of nitrogens with zero attached hydrogens (tertiary/aromatic N) is 2. The zero-order chi connectivity index (χ0) is 13.4. The van der Waals surface area contributed by atoms with Gasteiger partial charge < -0.3 is 15.0 Å². The summed E-state index contributed by atoms with van der Waals surface area (Å²) in [5, 5.41) is 6.13. The van der Waals surface area contributed by atoms with Gasteiger partial charge in [0, 0.05) is 41.8 Å². The number of hydrogen-bond donors (Lipinski definition) is 1. The predicted molar refractivity (Wildman–Crippen MR) is 81.4 cm³/mol. The standard InChI is InChI=1S/C16H19N3O/c1-2-14-13(15(3-1)18-12-4-5-12)6-7-17-16(14)19-8-10-20-11-9-19/h1-3,6-7,12,18H,4-5,8-11H2. The molecule has 20 heavy (non-hydrogen) atoms. The fourth-order valence-electron chi connectivity index (χ4n) is 2.79. The van der Waals surface area contributed by atoms with E-state index in [1.165, 1.54) is 29.3 Å². The van der Waals surface area contributed by atoms with E-state index < -0.39 is 0 Å². The summed E-state index contributed by atoms with van der Waals surface area (Å²) in [6.45, 7) is 3.43. The van der Waals surface area contributed by atoms with Crippen molar-refractivity contribution < 1.29 is 4.74 Å². The van der Waals surface area contributed by atoms with Gasteiger partial charge in [-0.05, 0) is 25.0 Å². The highest BCUT2D eigenvalue weighted by atomic mass is 16.5. The molecule has 0 atom stereocenters. The van der Waals surface area contributed by atoms with Gasteiger partial charge in [0.25, 0.3) is 0 Å². The summed E-state index contributed by atoms with van der Waals surface area (Å²) < 4.78 is 5.44. The number of benzene rings is 1. The van der Waals surface area contributed by atoms with Gasteiger partial charge in [-0.1, -0.05) is 12.1 Å². The Bertz CT molecular complexity index is 618. The lowest BCUT2D eigenvalue weighted by atomic mass is 10.1. The Labute approximate surface area is 118 Å². The first-order valence-electron chi connectivity index (χ1n) is 7.39. The highest BCUT2D eigenvalue weighted by Gasteiger charge is 2.22. The number of nitrogens with one attached hydrogen (secondary N) is 1. The normalized spacial score (nSPS) is 19.3. The lowest BCUT2D eigenvalue weighted by molar-refractivity contribution is 0.122. The Kier molecular flexibility index (Phi) is 2.96. The fourth-order valence-corrected chi connectivity index (χ4v) is 2.79. The molecular weight excluding hydrogens is 250 g/mol. The van der Waals surface area contributed by atoms with Crippen LogP contribution in [0.2, 0.25) is 0 Å². The third-order valence-corrected chi connectivity index (χ3v) is 4.03. The molecule has 0 amide bonds. The Morgan fingerprint density at radius 3 is 2.75 bits per heavy atom. The van der Waals surface area contributed by atoms with Crippen molar-refractivity contribution in [3.8, 4) is 0 Å². The van der Waals surface area contributed by atoms with E-state index >= 15 is 0 Å². The summed E-state index contributed by atoms with van der Waals surface area (Å²) in [7, 11) is 0. The lowest BCUT2D eigenvalue weighted by Gasteiger charge is -2.29. The van der Waals surface area contributed by atoms with Crippen LogP contribution >= 0.6 is 0 Å². The van der Waals surface area contributed by atoms with Crippen molar-refractivity contribution in [2.24, 2.45) is 0 Å². The molecule has 4 heteroatoms. The van der Waals surface area contributed by atoms with E-state index in [-0.39, 0.29) is 0 Å². The van der Waals surface area contributed by atoms with Crippen LogP contribution in [0.4, 0.5) is 11.5 Å². The maximum atomic E-state index is 5.44. The number of anilines is 2. The van der Waals surface area contributed by atoms with Crippen LogP contribution in [0.3, 0.4) is 0 Å². The van der Waals surface area contributed by atoms with E-state index in [0.717, 1.165) is 32.1 Å². The van der Waals surface area contributed by atoms with Gasteiger partial charge in [-0.3, -0.25) is 0 Å². The third kappa shape index (κ3) is 2.20. The highest BCUT2D eigenvalue weighted by Crippen LogP contribution is 2.33. The second-order valence-corrected chi connectivity index (χ2v) is 5.55. The number of fused-ring (bicyclic) bond motifs is 1. The number of rotatable bonds is 3. The van der Waals surface area contributed by atoms with Gasteiger partial charge >= 0.3 is 0 Å². The molecule has 1 saturated heterocycles. The summed E-state index contributed by atoms with van der Waals surface area (Å²) in [5.41, 5.74) is 1.24. The highest BCUT2D eigenvalue weighted by molar-refractivity contribution is 6.00. The van der Waals surface area contributed by atoms with Gasteiger partial charge in [-0.15, -0.1) is 0 Å². The van der Waals surface area contributed by atoms with E-state index in [9.17, 15) is 0 Å². The maximum absolute atomic E-state index is 5.44. The molecule has 0 spiro atoms. The molecule has 2 aromatic rings. The fraction of sp³-hybridized carbons (Fsp3) is 0.438. The SMILES string of the molecule is c1cc(NC2CC2)c2ccnc(N3CCOCC3)c2c1.